The summed E-state index contributed by atoms with van der Waals surface area (Å²) in [6.45, 7) is 1.86. The fraction of sp³-hybridized carbons (Fsp3) is 0.250. The van der Waals surface area contributed by atoms with E-state index in [1.807, 2.05) is 13.0 Å². The number of aromatic carboxylic acids is 1. The van der Waals surface area contributed by atoms with Crippen LogP contribution in [0.2, 0.25) is 0 Å². The molecule has 0 aliphatic heterocycles. The van der Waals surface area contributed by atoms with E-state index in [-0.39, 0.29) is 17.5 Å². The van der Waals surface area contributed by atoms with Gasteiger partial charge < -0.3 is 14.8 Å². The SMILES string of the molecule is C[C@H](NC(=O)CCc1ccc(C(=O)O)cc1)c1ccco1. The highest BCUT2D eigenvalue weighted by Gasteiger charge is 2.11. The van der Waals surface area contributed by atoms with Gasteiger partial charge in [0.25, 0.3) is 0 Å². The van der Waals surface area contributed by atoms with E-state index in [0.717, 1.165) is 5.56 Å². The maximum Gasteiger partial charge on any atom is 0.335 e. The van der Waals surface area contributed by atoms with E-state index in [1.54, 1.807) is 36.6 Å². The third-order valence-electron chi connectivity index (χ3n) is 3.19. The van der Waals surface area contributed by atoms with Crippen LogP contribution in [0.5, 0.6) is 0 Å². The number of hydrogen-bond acceptors (Lipinski definition) is 3. The molecule has 0 radical (unpaired) electrons. The Labute approximate surface area is 122 Å². The lowest BCUT2D eigenvalue weighted by molar-refractivity contribution is -0.121. The molecule has 0 spiro atoms. The molecular formula is C16H17NO4. The summed E-state index contributed by atoms with van der Waals surface area (Å²) in [4.78, 5) is 22.6. The van der Waals surface area contributed by atoms with Crippen LogP contribution in [0.15, 0.2) is 47.1 Å². The Morgan fingerprint density at radius 1 is 1.24 bits per heavy atom. The van der Waals surface area contributed by atoms with Crippen LogP contribution in [0.1, 0.15) is 41.1 Å². The minimum absolute atomic E-state index is 0.0683. The lowest BCUT2D eigenvalue weighted by atomic mass is 10.1. The molecule has 21 heavy (non-hydrogen) atoms. The molecule has 1 amide bonds. The van der Waals surface area contributed by atoms with E-state index in [1.165, 1.54) is 0 Å². The molecule has 110 valence electrons. The second-order valence-corrected chi connectivity index (χ2v) is 4.81. The Hall–Kier alpha value is -2.56. The topological polar surface area (TPSA) is 79.5 Å². The third kappa shape index (κ3) is 4.21. The monoisotopic (exact) mass is 287 g/mol. The number of carbonyl (C=O) groups excluding carboxylic acids is 1. The van der Waals surface area contributed by atoms with E-state index in [2.05, 4.69) is 5.32 Å². The van der Waals surface area contributed by atoms with Crippen molar-refractivity contribution in [3.63, 3.8) is 0 Å². The molecule has 2 aromatic rings. The highest BCUT2D eigenvalue weighted by Crippen LogP contribution is 2.13. The zero-order valence-corrected chi connectivity index (χ0v) is 11.7. The molecule has 0 saturated carbocycles. The predicted octanol–water partition coefficient (Wildman–Crippen LogP) is 2.79. The van der Waals surface area contributed by atoms with Gasteiger partial charge >= 0.3 is 5.97 Å². The number of furan rings is 1. The Morgan fingerprint density at radius 2 is 1.95 bits per heavy atom. The highest BCUT2D eigenvalue weighted by molar-refractivity contribution is 5.87. The molecule has 1 atom stereocenters. The normalized spacial score (nSPS) is 11.9. The highest BCUT2D eigenvalue weighted by atomic mass is 16.4. The van der Waals surface area contributed by atoms with E-state index in [4.69, 9.17) is 9.52 Å². The number of carboxylic acid groups (broad SMARTS) is 1. The van der Waals surface area contributed by atoms with Gasteiger partial charge in [-0.05, 0) is 43.2 Å². The summed E-state index contributed by atoms with van der Waals surface area (Å²) >= 11 is 0. The summed E-state index contributed by atoms with van der Waals surface area (Å²) in [5, 5.41) is 11.7. The number of aryl methyl sites for hydroxylation is 1. The lowest BCUT2D eigenvalue weighted by Crippen LogP contribution is -2.26. The molecule has 0 unspecified atom stereocenters. The van der Waals surface area contributed by atoms with Gasteiger partial charge in [-0.2, -0.15) is 0 Å². The molecule has 1 aromatic heterocycles. The maximum absolute atomic E-state index is 11.9. The molecule has 0 bridgehead atoms. The van der Waals surface area contributed by atoms with Crippen molar-refractivity contribution in [1.29, 1.82) is 0 Å². The van der Waals surface area contributed by atoms with Gasteiger partial charge in [0.2, 0.25) is 5.91 Å². The van der Waals surface area contributed by atoms with Crippen LogP contribution < -0.4 is 5.32 Å². The summed E-state index contributed by atoms with van der Waals surface area (Å²) < 4.78 is 5.22. The number of benzene rings is 1. The summed E-state index contributed by atoms with van der Waals surface area (Å²) in [6.07, 6.45) is 2.48. The van der Waals surface area contributed by atoms with Crippen LogP contribution in [0.3, 0.4) is 0 Å². The molecule has 0 aliphatic carbocycles. The van der Waals surface area contributed by atoms with E-state index in [9.17, 15) is 9.59 Å². The molecule has 0 aliphatic rings. The number of amides is 1. The zero-order valence-electron chi connectivity index (χ0n) is 11.7. The van der Waals surface area contributed by atoms with Crippen molar-refractivity contribution in [2.45, 2.75) is 25.8 Å². The van der Waals surface area contributed by atoms with Gasteiger partial charge in [-0.3, -0.25) is 4.79 Å². The number of rotatable bonds is 6. The zero-order chi connectivity index (χ0) is 15.2. The number of carboxylic acids is 1. The second-order valence-electron chi connectivity index (χ2n) is 4.81. The van der Waals surface area contributed by atoms with E-state index >= 15 is 0 Å². The van der Waals surface area contributed by atoms with Gasteiger partial charge in [0.15, 0.2) is 0 Å². The summed E-state index contributed by atoms with van der Waals surface area (Å²) in [5.41, 5.74) is 1.18. The van der Waals surface area contributed by atoms with Crippen LogP contribution in [0.4, 0.5) is 0 Å². The second kappa shape index (κ2) is 6.74. The molecule has 0 saturated heterocycles. The lowest BCUT2D eigenvalue weighted by Gasteiger charge is -2.11. The first-order valence-electron chi connectivity index (χ1n) is 6.71. The molecule has 1 heterocycles. The first kappa shape index (κ1) is 14.8. The Balaban J connectivity index is 1.82. The molecular weight excluding hydrogens is 270 g/mol. The first-order chi connectivity index (χ1) is 10.1. The Kier molecular flexibility index (Phi) is 4.77. The smallest absolute Gasteiger partial charge is 0.335 e. The molecule has 2 rings (SSSR count). The van der Waals surface area contributed by atoms with Crippen molar-refractivity contribution in [2.24, 2.45) is 0 Å². The molecule has 0 fully saturated rings. The van der Waals surface area contributed by atoms with Crippen LogP contribution in [-0.2, 0) is 11.2 Å². The predicted molar refractivity (Wildman–Crippen MR) is 77.0 cm³/mol. The van der Waals surface area contributed by atoms with Crippen LogP contribution in [0.25, 0.3) is 0 Å². The van der Waals surface area contributed by atoms with Crippen molar-refractivity contribution in [2.75, 3.05) is 0 Å². The van der Waals surface area contributed by atoms with Crippen molar-refractivity contribution in [3.05, 3.63) is 59.5 Å². The van der Waals surface area contributed by atoms with Crippen LogP contribution >= 0.6 is 0 Å². The average molecular weight is 287 g/mol. The summed E-state index contributed by atoms with van der Waals surface area (Å²) in [6, 6.07) is 9.97. The quantitative estimate of drug-likeness (QED) is 0.856. The van der Waals surface area contributed by atoms with Crippen molar-refractivity contribution >= 4 is 11.9 Å². The van der Waals surface area contributed by atoms with Gasteiger partial charge in [-0.15, -0.1) is 0 Å². The average Bonchev–Trinajstić information content (AvgIpc) is 3.00. The molecule has 2 N–H and O–H groups in total. The van der Waals surface area contributed by atoms with Gasteiger partial charge in [-0.1, -0.05) is 12.1 Å². The van der Waals surface area contributed by atoms with E-state index in [0.29, 0.717) is 18.6 Å². The van der Waals surface area contributed by atoms with Crippen molar-refractivity contribution in [1.82, 2.24) is 5.32 Å². The Morgan fingerprint density at radius 3 is 2.52 bits per heavy atom. The fourth-order valence-corrected chi connectivity index (χ4v) is 1.99. The fourth-order valence-electron chi connectivity index (χ4n) is 1.99. The largest absolute Gasteiger partial charge is 0.478 e. The summed E-state index contributed by atoms with van der Waals surface area (Å²) in [5.74, 6) is -0.304. The van der Waals surface area contributed by atoms with Gasteiger partial charge in [0.05, 0.1) is 17.9 Å². The standard InChI is InChI=1S/C16H17NO4/c1-11(14-3-2-10-21-14)17-15(18)9-6-12-4-7-13(8-5-12)16(19)20/h2-5,7-8,10-11H,6,9H2,1H3,(H,17,18)(H,19,20)/t11-/m0/s1. The molecule has 1 aromatic carbocycles. The summed E-state index contributed by atoms with van der Waals surface area (Å²) in [7, 11) is 0. The molecule has 5 nitrogen and oxygen atoms in total. The van der Waals surface area contributed by atoms with Crippen molar-refractivity contribution in [3.8, 4) is 0 Å². The number of carbonyl (C=O) groups is 2. The number of nitrogens with one attached hydrogen (secondary N) is 1. The van der Waals surface area contributed by atoms with Crippen LogP contribution in [-0.4, -0.2) is 17.0 Å². The Bertz CT molecular complexity index is 602. The van der Waals surface area contributed by atoms with E-state index < -0.39 is 5.97 Å². The van der Waals surface area contributed by atoms with Gasteiger partial charge in [0, 0.05) is 6.42 Å². The minimum atomic E-state index is -0.952. The van der Waals surface area contributed by atoms with Crippen LogP contribution in [0, 0.1) is 0 Å². The number of hydrogen-bond donors (Lipinski definition) is 2. The first-order valence-corrected chi connectivity index (χ1v) is 6.71. The van der Waals surface area contributed by atoms with Gasteiger partial charge in [-0.25, -0.2) is 4.79 Å². The van der Waals surface area contributed by atoms with Crippen molar-refractivity contribution < 1.29 is 19.1 Å². The van der Waals surface area contributed by atoms with Gasteiger partial charge in [0.1, 0.15) is 5.76 Å². The third-order valence-corrected chi connectivity index (χ3v) is 3.19. The minimum Gasteiger partial charge on any atom is -0.478 e. The molecule has 5 heteroatoms. The maximum atomic E-state index is 11.9.